The Balaban J connectivity index is 2.23. The third-order valence-electron chi connectivity index (χ3n) is 3.09. The molecule has 0 bridgehead atoms. The van der Waals surface area contributed by atoms with Gasteiger partial charge in [0.25, 0.3) is 0 Å². The molecule has 1 heterocycles. The molecule has 94 valence electrons. The first-order valence-electron chi connectivity index (χ1n) is 6.14. The Morgan fingerprint density at radius 2 is 2.06 bits per heavy atom. The predicted molar refractivity (Wildman–Crippen MR) is 67.8 cm³/mol. The van der Waals surface area contributed by atoms with Crippen molar-refractivity contribution >= 4 is 6.16 Å². The minimum absolute atomic E-state index is 0.105. The zero-order chi connectivity index (χ0) is 13.0. The van der Waals surface area contributed by atoms with E-state index in [0.29, 0.717) is 0 Å². The minimum atomic E-state index is -0.634. The molecule has 18 heavy (non-hydrogen) atoms. The number of hydrogen-bond donors (Lipinski definition) is 0. The number of terminal acetylenes is 1. The van der Waals surface area contributed by atoms with Crippen LogP contribution in [0, 0.1) is 18.3 Å². The molecule has 0 aromatic heterocycles. The lowest BCUT2D eigenvalue weighted by Crippen LogP contribution is -2.24. The molecule has 2 rings (SSSR count). The van der Waals surface area contributed by atoms with Gasteiger partial charge in [0.2, 0.25) is 0 Å². The Bertz CT molecular complexity index is 447. The largest absolute Gasteiger partial charge is 0.509 e. The van der Waals surface area contributed by atoms with Gasteiger partial charge >= 0.3 is 6.16 Å². The van der Waals surface area contributed by atoms with Gasteiger partial charge in [-0.2, -0.15) is 0 Å². The Kier molecular flexibility index (Phi) is 3.88. The second-order valence-corrected chi connectivity index (χ2v) is 4.34. The molecule has 0 saturated carbocycles. The van der Waals surface area contributed by atoms with Crippen LogP contribution in [0.15, 0.2) is 30.3 Å². The number of cyclic esters (lactones) is 2. The van der Waals surface area contributed by atoms with E-state index >= 15 is 0 Å². The second-order valence-electron chi connectivity index (χ2n) is 4.34. The van der Waals surface area contributed by atoms with E-state index in [2.05, 4.69) is 12.8 Å². The van der Waals surface area contributed by atoms with Gasteiger partial charge in [-0.25, -0.2) is 4.79 Å². The molecule has 0 unspecified atom stereocenters. The lowest BCUT2D eigenvalue weighted by Gasteiger charge is -2.20. The van der Waals surface area contributed by atoms with Crippen molar-refractivity contribution in [3.63, 3.8) is 0 Å². The maximum atomic E-state index is 11.3. The fourth-order valence-electron chi connectivity index (χ4n) is 2.22. The molecule has 1 aliphatic rings. The number of ether oxygens (including phenoxy) is 2. The van der Waals surface area contributed by atoms with E-state index in [1.807, 2.05) is 30.3 Å². The maximum Gasteiger partial charge on any atom is 0.509 e. The van der Waals surface area contributed by atoms with E-state index in [1.165, 1.54) is 0 Å². The summed E-state index contributed by atoms with van der Waals surface area (Å²) in [5, 5.41) is 0. The van der Waals surface area contributed by atoms with E-state index in [9.17, 15) is 4.79 Å². The van der Waals surface area contributed by atoms with Crippen LogP contribution in [0.2, 0.25) is 0 Å². The monoisotopic (exact) mass is 244 g/mol. The van der Waals surface area contributed by atoms with E-state index in [1.54, 1.807) is 0 Å². The first kappa shape index (κ1) is 12.5. The highest BCUT2D eigenvalue weighted by atomic mass is 16.8. The molecule has 3 heteroatoms. The smallest absolute Gasteiger partial charge is 0.425 e. The lowest BCUT2D eigenvalue weighted by molar-refractivity contribution is 0.105. The Labute approximate surface area is 107 Å². The summed E-state index contributed by atoms with van der Waals surface area (Å²) in [5.41, 5.74) is 0.921. The van der Waals surface area contributed by atoms with Crippen molar-refractivity contribution in [1.82, 2.24) is 0 Å². The first-order chi connectivity index (χ1) is 8.76. The molecule has 0 aliphatic carbocycles. The molecule has 0 radical (unpaired) electrons. The number of carbonyl (C=O) groups excluding carboxylic acids is 1. The molecule has 0 N–H and O–H groups in total. The molecular formula is C15H16O3. The van der Waals surface area contributed by atoms with Gasteiger partial charge in [0.15, 0.2) is 12.2 Å². The molecule has 0 amide bonds. The Morgan fingerprint density at radius 3 is 2.67 bits per heavy atom. The fourth-order valence-corrected chi connectivity index (χ4v) is 2.22. The van der Waals surface area contributed by atoms with Crippen LogP contribution in [-0.2, 0) is 9.47 Å². The molecule has 3 nitrogen and oxygen atoms in total. The number of carbonyl (C=O) groups is 1. The summed E-state index contributed by atoms with van der Waals surface area (Å²) >= 11 is 0. The Morgan fingerprint density at radius 1 is 1.33 bits per heavy atom. The van der Waals surface area contributed by atoms with Crippen LogP contribution in [0.4, 0.5) is 4.79 Å². The van der Waals surface area contributed by atoms with Crippen molar-refractivity contribution in [1.29, 1.82) is 0 Å². The molecule has 1 fully saturated rings. The average molecular weight is 244 g/mol. The number of benzene rings is 1. The first-order valence-corrected chi connectivity index (χ1v) is 6.14. The highest BCUT2D eigenvalue weighted by molar-refractivity contribution is 5.63. The van der Waals surface area contributed by atoms with Crippen molar-refractivity contribution < 1.29 is 14.3 Å². The summed E-state index contributed by atoms with van der Waals surface area (Å²) < 4.78 is 10.5. The summed E-state index contributed by atoms with van der Waals surface area (Å²) in [7, 11) is 0. The van der Waals surface area contributed by atoms with Gasteiger partial charge in [-0.15, -0.1) is 6.42 Å². The van der Waals surface area contributed by atoms with Gasteiger partial charge in [-0.05, 0) is 12.0 Å². The molecule has 1 aromatic carbocycles. The zero-order valence-electron chi connectivity index (χ0n) is 10.3. The van der Waals surface area contributed by atoms with Crippen LogP contribution in [0.25, 0.3) is 0 Å². The summed E-state index contributed by atoms with van der Waals surface area (Å²) in [6.07, 6.45) is 5.88. The molecule has 1 aliphatic heterocycles. The number of rotatable bonds is 4. The third-order valence-corrected chi connectivity index (χ3v) is 3.09. The summed E-state index contributed by atoms with van der Waals surface area (Å²) in [4.78, 5) is 11.3. The van der Waals surface area contributed by atoms with E-state index in [-0.39, 0.29) is 12.0 Å². The normalized spacial score (nSPS) is 23.9. The van der Waals surface area contributed by atoms with Crippen molar-refractivity contribution in [2.24, 2.45) is 5.92 Å². The summed E-state index contributed by atoms with van der Waals surface area (Å²) in [6.45, 7) is 2.06. The van der Waals surface area contributed by atoms with Gasteiger partial charge in [-0.1, -0.05) is 49.6 Å². The molecule has 3 atom stereocenters. The molecule has 0 spiro atoms. The van der Waals surface area contributed by atoms with Crippen LogP contribution >= 0.6 is 0 Å². The highest BCUT2D eigenvalue weighted by Crippen LogP contribution is 2.35. The average Bonchev–Trinajstić information content (AvgIpc) is 2.79. The van der Waals surface area contributed by atoms with E-state index in [0.717, 1.165) is 18.4 Å². The van der Waals surface area contributed by atoms with Gasteiger partial charge in [0, 0.05) is 0 Å². The van der Waals surface area contributed by atoms with Crippen LogP contribution < -0.4 is 0 Å². The standard InChI is InChI=1S/C15H16O3/c1-3-8-11(4-2)13-14(18-15(16)17-13)12-9-6-5-7-10-12/h2,5-7,9-11,13-14H,3,8H2,1H3/t11-,13+,14+/m1/s1. The van der Waals surface area contributed by atoms with E-state index in [4.69, 9.17) is 15.9 Å². The fraction of sp³-hybridized carbons (Fsp3) is 0.400. The summed E-state index contributed by atoms with van der Waals surface area (Å²) in [6, 6.07) is 9.56. The van der Waals surface area contributed by atoms with Gasteiger partial charge < -0.3 is 9.47 Å². The van der Waals surface area contributed by atoms with Crippen LogP contribution in [0.5, 0.6) is 0 Å². The van der Waals surface area contributed by atoms with Gasteiger partial charge in [0.1, 0.15) is 0 Å². The van der Waals surface area contributed by atoms with Crippen molar-refractivity contribution in [2.75, 3.05) is 0 Å². The molecule has 1 saturated heterocycles. The molecule has 1 aromatic rings. The van der Waals surface area contributed by atoms with Crippen molar-refractivity contribution in [3.8, 4) is 12.3 Å². The van der Waals surface area contributed by atoms with Gasteiger partial charge in [-0.3, -0.25) is 0 Å². The van der Waals surface area contributed by atoms with E-state index < -0.39 is 12.3 Å². The molecular weight excluding hydrogens is 228 g/mol. The highest BCUT2D eigenvalue weighted by Gasteiger charge is 2.41. The van der Waals surface area contributed by atoms with Crippen LogP contribution in [0.3, 0.4) is 0 Å². The minimum Gasteiger partial charge on any atom is -0.425 e. The van der Waals surface area contributed by atoms with Crippen LogP contribution in [-0.4, -0.2) is 12.3 Å². The quantitative estimate of drug-likeness (QED) is 0.602. The number of hydrogen-bond acceptors (Lipinski definition) is 3. The second kappa shape index (κ2) is 5.59. The predicted octanol–water partition coefficient (Wildman–Crippen LogP) is 3.31. The van der Waals surface area contributed by atoms with Gasteiger partial charge in [0.05, 0.1) is 5.92 Å². The maximum absolute atomic E-state index is 11.3. The van der Waals surface area contributed by atoms with Crippen molar-refractivity contribution in [3.05, 3.63) is 35.9 Å². The SMILES string of the molecule is C#C[C@H](CCC)[C@@H]1OC(=O)O[C@H]1c1ccccc1. The summed E-state index contributed by atoms with van der Waals surface area (Å²) in [5.74, 6) is 2.60. The zero-order valence-corrected chi connectivity index (χ0v) is 10.3. The lowest BCUT2D eigenvalue weighted by atomic mass is 9.91. The van der Waals surface area contributed by atoms with Crippen LogP contribution in [0.1, 0.15) is 31.4 Å². The topological polar surface area (TPSA) is 35.5 Å². The Hall–Kier alpha value is -1.95. The van der Waals surface area contributed by atoms with Crippen molar-refractivity contribution in [2.45, 2.75) is 32.0 Å². The third kappa shape index (κ3) is 2.48.